The summed E-state index contributed by atoms with van der Waals surface area (Å²) in [5, 5.41) is 2.60. The standard InChI is InChI=1S/C18H20N2O3/c1-13-12-15(10-11-19-13)20-18(22)17(21)5-3-4-14-6-8-16(23-2)9-7-14/h6-12H,3-5H2,1-2H3,(H,19,20,22). The molecule has 0 radical (unpaired) electrons. The van der Waals surface area contributed by atoms with Crippen molar-refractivity contribution in [1.82, 2.24) is 4.98 Å². The van der Waals surface area contributed by atoms with Crippen molar-refractivity contribution in [3.8, 4) is 5.75 Å². The van der Waals surface area contributed by atoms with Gasteiger partial charge in [-0.15, -0.1) is 0 Å². The van der Waals surface area contributed by atoms with Crippen LogP contribution in [0.1, 0.15) is 24.1 Å². The first kappa shape index (κ1) is 16.7. The Kier molecular flexibility index (Phi) is 5.86. The number of hydrogen-bond acceptors (Lipinski definition) is 4. The molecular formula is C18H20N2O3. The second-order valence-electron chi connectivity index (χ2n) is 5.26. The molecule has 5 heteroatoms. The van der Waals surface area contributed by atoms with Gasteiger partial charge in [0.05, 0.1) is 7.11 Å². The first-order valence-electron chi connectivity index (χ1n) is 7.48. The Morgan fingerprint density at radius 2 is 1.91 bits per heavy atom. The molecule has 23 heavy (non-hydrogen) atoms. The predicted molar refractivity (Wildman–Crippen MR) is 88.5 cm³/mol. The summed E-state index contributed by atoms with van der Waals surface area (Å²) < 4.78 is 5.10. The van der Waals surface area contributed by atoms with Crippen molar-refractivity contribution in [3.63, 3.8) is 0 Å². The van der Waals surface area contributed by atoms with Gasteiger partial charge in [0.1, 0.15) is 5.75 Å². The van der Waals surface area contributed by atoms with Crippen molar-refractivity contribution in [1.29, 1.82) is 0 Å². The number of rotatable bonds is 7. The van der Waals surface area contributed by atoms with Gasteiger partial charge in [0.15, 0.2) is 0 Å². The number of benzene rings is 1. The number of ketones is 1. The van der Waals surface area contributed by atoms with E-state index in [9.17, 15) is 9.59 Å². The van der Waals surface area contributed by atoms with Crippen LogP contribution in [-0.4, -0.2) is 23.8 Å². The number of ether oxygens (including phenoxy) is 1. The van der Waals surface area contributed by atoms with E-state index in [1.807, 2.05) is 31.2 Å². The quantitative estimate of drug-likeness (QED) is 0.798. The zero-order valence-corrected chi connectivity index (χ0v) is 13.3. The average molecular weight is 312 g/mol. The van der Waals surface area contributed by atoms with Crippen LogP contribution in [0.25, 0.3) is 0 Å². The van der Waals surface area contributed by atoms with Crippen LogP contribution < -0.4 is 10.1 Å². The number of Topliss-reactive ketones (excluding diaryl/α,β-unsaturated/α-hetero) is 1. The summed E-state index contributed by atoms with van der Waals surface area (Å²) in [6.07, 6.45) is 3.20. The van der Waals surface area contributed by atoms with Gasteiger partial charge < -0.3 is 10.1 Å². The maximum absolute atomic E-state index is 11.9. The predicted octanol–water partition coefficient (Wildman–Crippen LogP) is 2.93. The summed E-state index contributed by atoms with van der Waals surface area (Å²) in [7, 11) is 1.62. The fourth-order valence-corrected chi connectivity index (χ4v) is 2.18. The van der Waals surface area contributed by atoms with Crippen molar-refractivity contribution in [3.05, 3.63) is 53.9 Å². The molecule has 5 nitrogen and oxygen atoms in total. The SMILES string of the molecule is COc1ccc(CCCC(=O)C(=O)Nc2ccnc(C)c2)cc1. The van der Waals surface area contributed by atoms with E-state index in [-0.39, 0.29) is 6.42 Å². The van der Waals surface area contributed by atoms with E-state index in [1.54, 1.807) is 25.4 Å². The highest BCUT2D eigenvalue weighted by atomic mass is 16.5. The van der Waals surface area contributed by atoms with Crippen LogP contribution >= 0.6 is 0 Å². The van der Waals surface area contributed by atoms with Gasteiger partial charge >= 0.3 is 0 Å². The van der Waals surface area contributed by atoms with E-state index in [4.69, 9.17) is 4.74 Å². The molecule has 0 bridgehead atoms. The Labute approximate surface area is 135 Å². The lowest BCUT2D eigenvalue weighted by Gasteiger charge is -2.05. The van der Waals surface area contributed by atoms with E-state index >= 15 is 0 Å². The van der Waals surface area contributed by atoms with E-state index < -0.39 is 11.7 Å². The highest BCUT2D eigenvalue weighted by Crippen LogP contribution is 2.13. The van der Waals surface area contributed by atoms with Gasteiger partial charge in [-0.2, -0.15) is 0 Å². The molecular weight excluding hydrogens is 292 g/mol. The fourth-order valence-electron chi connectivity index (χ4n) is 2.18. The molecule has 0 aliphatic carbocycles. The molecule has 2 rings (SSSR count). The smallest absolute Gasteiger partial charge is 0.291 e. The van der Waals surface area contributed by atoms with Crippen LogP contribution in [0.15, 0.2) is 42.6 Å². The third kappa shape index (κ3) is 5.21. The molecule has 1 heterocycles. The van der Waals surface area contributed by atoms with Crippen molar-refractivity contribution in [2.24, 2.45) is 0 Å². The first-order valence-corrected chi connectivity index (χ1v) is 7.48. The topological polar surface area (TPSA) is 68.3 Å². The lowest BCUT2D eigenvalue weighted by Crippen LogP contribution is -2.22. The molecule has 0 spiro atoms. The summed E-state index contributed by atoms with van der Waals surface area (Å²) in [6, 6.07) is 11.1. The Morgan fingerprint density at radius 1 is 1.17 bits per heavy atom. The van der Waals surface area contributed by atoms with E-state index in [1.165, 1.54) is 0 Å². The monoisotopic (exact) mass is 312 g/mol. The number of methoxy groups -OCH3 is 1. The van der Waals surface area contributed by atoms with Gasteiger partial charge in [-0.25, -0.2) is 0 Å². The largest absolute Gasteiger partial charge is 0.497 e. The van der Waals surface area contributed by atoms with Crippen LogP contribution in [-0.2, 0) is 16.0 Å². The molecule has 120 valence electrons. The molecule has 2 aromatic rings. The molecule has 0 aliphatic heterocycles. The molecule has 0 aliphatic rings. The molecule has 0 unspecified atom stereocenters. The Balaban J connectivity index is 1.78. The molecule has 0 fully saturated rings. The summed E-state index contributed by atoms with van der Waals surface area (Å²) in [4.78, 5) is 27.8. The zero-order valence-electron chi connectivity index (χ0n) is 13.3. The molecule has 0 atom stereocenters. The van der Waals surface area contributed by atoms with Crippen LogP contribution in [0, 0.1) is 6.92 Å². The Morgan fingerprint density at radius 3 is 2.57 bits per heavy atom. The van der Waals surface area contributed by atoms with Gasteiger partial charge in [-0.3, -0.25) is 14.6 Å². The fraction of sp³-hybridized carbons (Fsp3) is 0.278. The van der Waals surface area contributed by atoms with Crippen LogP contribution in [0.3, 0.4) is 0 Å². The second kappa shape index (κ2) is 8.08. The molecule has 1 amide bonds. The lowest BCUT2D eigenvalue weighted by atomic mass is 10.1. The number of hydrogen-bond donors (Lipinski definition) is 1. The summed E-state index contributed by atoms with van der Waals surface area (Å²) in [5.41, 5.74) is 2.49. The maximum atomic E-state index is 11.9. The van der Waals surface area contributed by atoms with Crippen molar-refractivity contribution < 1.29 is 14.3 Å². The molecule has 1 aromatic carbocycles. The molecule has 1 N–H and O–H groups in total. The van der Waals surface area contributed by atoms with E-state index in [0.29, 0.717) is 12.1 Å². The summed E-state index contributed by atoms with van der Waals surface area (Å²) >= 11 is 0. The minimum atomic E-state index is -0.578. The first-order chi connectivity index (χ1) is 11.1. The van der Waals surface area contributed by atoms with Gasteiger partial charge in [-0.05, 0) is 49.6 Å². The van der Waals surface area contributed by atoms with Gasteiger partial charge in [0.25, 0.3) is 5.91 Å². The molecule has 0 saturated carbocycles. The van der Waals surface area contributed by atoms with Crippen molar-refractivity contribution in [2.75, 3.05) is 12.4 Å². The average Bonchev–Trinajstić information content (AvgIpc) is 2.55. The maximum Gasteiger partial charge on any atom is 0.291 e. The number of pyridine rings is 1. The highest BCUT2D eigenvalue weighted by molar-refractivity contribution is 6.40. The van der Waals surface area contributed by atoms with Crippen LogP contribution in [0.5, 0.6) is 5.75 Å². The highest BCUT2D eigenvalue weighted by Gasteiger charge is 2.13. The van der Waals surface area contributed by atoms with Crippen molar-refractivity contribution >= 4 is 17.4 Å². The van der Waals surface area contributed by atoms with Crippen LogP contribution in [0.4, 0.5) is 5.69 Å². The second-order valence-corrected chi connectivity index (χ2v) is 5.26. The number of aryl methyl sites for hydroxylation is 2. The Hall–Kier alpha value is -2.69. The number of nitrogens with one attached hydrogen (secondary N) is 1. The number of carbonyl (C=O) groups excluding carboxylic acids is 2. The zero-order chi connectivity index (χ0) is 16.7. The van der Waals surface area contributed by atoms with E-state index in [0.717, 1.165) is 23.4 Å². The van der Waals surface area contributed by atoms with E-state index in [2.05, 4.69) is 10.3 Å². The summed E-state index contributed by atoms with van der Waals surface area (Å²) in [5.74, 6) is -0.185. The number of anilines is 1. The third-order valence-corrected chi connectivity index (χ3v) is 3.44. The van der Waals surface area contributed by atoms with Gasteiger partial charge in [-0.1, -0.05) is 12.1 Å². The molecule has 0 saturated heterocycles. The number of aromatic nitrogens is 1. The molecule has 1 aromatic heterocycles. The van der Waals surface area contributed by atoms with Crippen molar-refractivity contribution in [2.45, 2.75) is 26.2 Å². The Bertz CT molecular complexity index is 681. The van der Waals surface area contributed by atoms with Gasteiger partial charge in [0.2, 0.25) is 5.78 Å². The number of carbonyl (C=O) groups is 2. The number of amides is 1. The normalized spacial score (nSPS) is 10.2. The van der Waals surface area contributed by atoms with Gasteiger partial charge in [0, 0.05) is 24.0 Å². The number of nitrogens with zero attached hydrogens (tertiary/aromatic N) is 1. The summed E-state index contributed by atoms with van der Waals surface area (Å²) in [6.45, 7) is 1.83. The minimum absolute atomic E-state index is 0.224. The lowest BCUT2D eigenvalue weighted by molar-refractivity contribution is -0.134. The minimum Gasteiger partial charge on any atom is -0.497 e. The third-order valence-electron chi connectivity index (χ3n) is 3.44. The van der Waals surface area contributed by atoms with Crippen LogP contribution in [0.2, 0.25) is 0 Å².